The molecular weight excluding hydrogens is 221 g/mol. The van der Waals surface area contributed by atoms with Crippen LogP contribution in [0, 0.1) is 5.82 Å². The fourth-order valence-corrected chi connectivity index (χ4v) is 1.40. The highest BCUT2D eigenvalue weighted by Crippen LogP contribution is 2.21. The van der Waals surface area contributed by atoms with Crippen molar-refractivity contribution in [1.82, 2.24) is 0 Å². The zero-order valence-electron chi connectivity index (χ0n) is 6.85. The van der Waals surface area contributed by atoms with Crippen molar-refractivity contribution in [3.05, 3.63) is 34.1 Å². The van der Waals surface area contributed by atoms with E-state index >= 15 is 0 Å². The normalized spacial score (nSPS) is 13.0. The van der Waals surface area contributed by atoms with E-state index in [9.17, 15) is 4.39 Å². The average molecular weight is 232 g/mol. The fourth-order valence-electron chi connectivity index (χ4n) is 1.02. The van der Waals surface area contributed by atoms with Crippen LogP contribution in [0.2, 0.25) is 0 Å². The van der Waals surface area contributed by atoms with Crippen LogP contribution in [0.25, 0.3) is 0 Å². The monoisotopic (exact) mass is 231 g/mol. The number of benzene rings is 1. The highest BCUT2D eigenvalue weighted by atomic mass is 79.9. The van der Waals surface area contributed by atoms with Gasteiger partial charge in [-0.3, -0.25) is 0 Å². The van der Waals surface area contributed by atoms with E-state index in [0.717, 1.165) is 10.9 Å². The molecule has 0 saturated carbocycles. The summed E-state index contributed by atoms with van der Waals surface area (Å²) in [6, 6.07) is 4.61. The van der Waals surface area contributed by atoms with Gasteiger partial charge in [0.1, 0.15) is 5.82 Å². The summed E-state index contributed by atoms with van der Waals surface area (Å²) in [5.41, 5.74) is 6.28. The van der Waals surface area contributed by atoms with E-state index < -0.39 is 0 Å². The van der Waals surface area contributed by atoms with Crippen LogP contribution in [0.15, 0.2) is 22.7 Å². The van der Waals surface area contributed by atoms with Gasteiger partial charge in [0.05, 0.1) is 0 Å². The quantitative estimate of drug-likeness (QED) is 0.833. The number of nitrogens with two attached hydrogens (primary N) is 1. The molecule has 1 aromatic rings. The van der Waals surface area contributed by atoms with Gasteiger partial charge >= 0.3 is 0 Å². The van der Waals surface area contributed by atoms with Gasteiger partial charge < -0.3 is 5.73 Å². The second-order valence-electron chi connectivity index (χ2n) is 2.68. The fraction of sp³-hybridized carbons (Fsp3) is 0.333. The van der Waals surface area contributed by atoms with Crippen LogP contribution >= 0.6 is 15.9 Å². The minimum absolute atomic E-state index is 0.206. The van der Waals surface area contributed by atoms with Crippen LogP contribution in [0.1, 0.15) is 24.9 Å². The summed E-state index contributed by atoms with van der Waals surface area (Å²) in [6.45, 7) is 1.94. The molecule has 1 nitrogen and oxygen atoms in total. The Morgan fingerprint density at radius 2 is 2.25 bits per heavy atom. The first-order chi connectivity index (χ1) is 5.65. The van der Waals surface area contributed by atoms with E-state index in [2.05, 4.69) is 15.9 Å². The summed E-state index contributed by atoms with van der Waals surface area (Å²) < 4.78 is 14.0. The van der Waals surface area contributed by atoms with Gasteiger partial charge in [0.25, 0.3) is 0 Å². The molecule has 0 amide bonds. The number of hydrogen-bond donors (Lipinski definition) is 1. The van der Waals surface area contributed by atoms with Crippen molar-refractivity contribution in [1.29, 1.82) is 0 Å². The van der Waals surface area contributed by atoms with Crippen molar-refractivity contribution in [2.75, 3.05) is 0 Å². The molecule has 0 aliphatic heterocycles. The van der Waals surface area contributed by atoms with Gasteiger partial charge in [0.2, 0.25) is 0 Å². The van der Waals surface area contributed by atoms with Crippen LogP contribution in [-0.4, -0.2) is 0 Å². The molecule has 0 heterocycles. The van der Waals surface area contributed by atoms with Crippen molar-refractivity contribution in [2.45, 2.75) is 19.4 Å². The Morgan fingerprint density at radius 3 is 2.83 bits per heavy atom. The zero-order chi connectivity index (χ0) is 9.14. The van der Waals surface area contributed by atoms with Crippen molar-refractivity contribution in [2.24, 2.45) is 5.73 Å². The lowest BCUT2D eigenvalue weighted by Gasteiger charge is -2.10. The summed E-state index contributed by atoms with van der Waals surface area (Å²) in [7, 11) is 0. The lowest BCUT2D eigenvalue weighted by molar-refractivity contribution is 0.575. The SMILES string of the molecule is CCC(N)c1cc(Br)ccc1F. The van der Waals surface area contributed by atoms with E-state index in [1.165, 1.54) is 6.07 Å². The zero-order valence-corrected chi connectivity index (χ0v) is 8.44. The molecule has 0 saturated heterocycles. The standard InChI is InChI=1S/C9H11BrFN/c1-2-9(12)7-5-6(10)3-4-8(7)11/h3-5,9H,2,12H2,1H3. The van der Waals surface area contributed by atoms with Crippen LogP contribution in [0.3, 0.4) is 0 Å². The van der Waals surface area contributed by atoms with E-state index in [4.69, 9.17) is 5.73 Å². The Bertz CT molecular complexity index is 275. The van der Waals surface area contributed by atoms with Gasteiger partial charge in [-0.1, -0.05) is 22.9 Å². The Morgan fingerprint density at radius 1 is 1.58 bits per heavy atom. The molecule has 1 rings (SSSR count). The molecule has 0 aliphatic rings. The molecule has 0 fully saturated rings. The minimum Gasteiger partial charge on any atom is -0.324 e. The lowest BCUT2D eigenvalue weighted by atomic mass is 10.1. The van der Waals surface area contributed by atoms with Crippen molar-refractivity contribution >= 4 is 15.9 Å². The van der Waals surface area contributed by atoms with Crippen LogP contribution in [0.4, 0.5) is 4.39 Å². The van der Waals surface area contributed by atoms with Crippen molar-refractivity contribution < 1.29 is 4.39 Å². The number of hydrogen-bond acceptors (Lipinski definition) is 1. The topological polar surface area (TPSA) is 26.0 Å². The molecule has 0 radical (unpaired) electrons. The van der Waals surface area contributed by atoms with Gasteiger partial charge in [-0.05, 0) is 24.6 Å². The van der Waals surface area contributed by atoms with Crippen LogP contribution in [-0.2, 0) is 0 Å². The molecule has 2 N–H and O–H groups in total. The van der Waals surface area contributed by atoms with Crippen molar-refractivity contribution in [3.8, 4) is 0 Å². The van der Waals surface area contributed by atoms with E-state index in [0.29, 0.717) is 5.56 Å². The first-order valence-electron chi connectivity index (χ1n) is 3.85. The Kier molecular flexibility index (Phi) is 3.23. The van der Waals surface area contributed by atoms with Gasteiger partial charge in [-0.25, -0.2) is 4.39 Å². The van der Waals surface area contributed by atoms with Gasteiger partial charge in [0, 0.05) is 16.1 Å². The molecule has 0 aromatic heterocycles. The molecule has 0 bridgehead atoms. The van der Waals surface area contributed by atoms with Gasteiger partial charge in [-0.2, -0.15) is 0 Å². The van der Waals surface area contributed by atoms with Gasteiger partial charge in [0.15, 0.2) is 0 Å². The van der Waals surface area contributed by atoms with Crippen LogP contribution in [0.5, 0.6) is 0 Å². The third kappa shape index (κ3) is 2.05. The highest BCUT2D eigenvalue weighted by molar-refractivity contribution is 9.10. The second kappa shape index (κ2) is 4.01. The molecule has 1 aromatic carbocycles. The molecule has 1 atom stereocenters. The second-order valence-corrected chi connectivity index (χ2v) is 3.60. The Hall–Kier alpha value is -0.410. The highest BCUT2D eigenvalue weighted by Gasteiger charge is 2.08. The Balaban J connectivity index is 3.04. The van der Waals surface area contributed by atoms with E-state index in [1.807, 2.05) is 6.92 Å². The van der Waals surface area contributed by atoms with Crippen molar-refractivity contribution in [3.63, 3.8) is 0 Å². The first kappa shape index (κ1) is 9.68. The summed E-state index contributed by atoms with van der Waals surface area (Å²) in [6.07, 6.45) is 0.743. The summed E-state index contributed by atoms with van der Waals surface area (Å²) in [5, 5.41) is 0. The van der Waals surface area contributed by atoms with Gasteiger partial charge in [-0.15, -0.1) is 0 Å². The average Bonchev–Trinajstić information content (AvgIpc) is 2.08. The maximum atomic E-state index is 13.1. The molecule has 0 aliphatic carbocycles. The summed E-state index contributed by atoms with van der Waals surface area (Å²) >= 11 is 3.27. The van der Waals surface area contributed by atoms with Crippen LogP contribution < -0.4 is 5.73 Å². The first-order valence-corrected chi connectivity index (χ1v) is 4.65. The molecule has 0 spiro atoms. The predicted octanol–water partition coefficient (Wildman–Crippen LogP) is 3.00. The van der Waals surface area contributed by atoms with E-state index in [1.54, 1.807) is 12.1 Å². The molecule has 12 heavy (non-hydrogen) atoms. The minimum atomic E-state index is -0.229. The molecule has 3 heteroatoms. The molecule has 1 unspecified atom stereocenters. The largest absolute Gasteiger partial charge is 0.324 e. The summed E-state index contributed by atoms with van der Waals surface area (Å²) in [5.74, 6) is -0.229. The predicted molar refractivity (Wildman–Crippen MR) is 51.3 cm³/mol. The van der Waals surface area contributed by atoms with E-state index in [-0.39, 0.29) is 11.9 Å². The molecule has 66 valence electrons. The number of halogens is 2. The summed E-state index contributed by atoms with van der Waals surface area (Å²) in [4.78, 5) is 0. The lowest BCUT2D eigenvalue weighted by Crippen LogP contribution is -2.10. The maximum absolute atomic E-state index is 13.1. The molecular formula is C9H11BrFN. The number of rotatable bonds is 2. The third-order valence-electron chi connectivity index (χ3n) is 1.80. The maximum Gasteiger partial charge on any atom is 0.128 e. The third-order valence-corrected chi connectivity index (χ3v) is 2.29. The Labute approximate surface area is 79.9 Å². The smallest absolute Gasteiger partial charge is 0.128 e.